The zero-order valence-electron chi connectivity index (χ0n) is 15.5. The van der Waals surface area contributed by atoms with E-state index in [4.69, 9.17) is 26.8 Å². The third kappa shape index (κ3) is 4.91. The highest BCUT2D eigenvalue weighted by Crippen LogP contribution is 2.38. The Morgan fingerprint density at radius 3 is 2.66 bits per heavy atom. The Kier molecular flexibility index (Phi) is 6.94. The van der Waals surface area contributed by atoms with Crippen LogP contribution in [0.15, 0.2) is 46.4 Å². The van der Waals surface area contributed by atoms with E-state index in [0.29, 0.717) is 6.29 Å². The van der Waals surface area contributed by atoms with Gasteiger partial charge in [-0.2, -0.15) is 0 Å². The van der Waals surface area contributed by atoms with E-state index in [9.17, 15) is 24.5 Å². The molecule has 1 aliphatic rings. The molecule has 1 atom stereocenters. The quantitative estimate of drug-likeness (QED) is 0.167. The lowest BCUT2D eigenvalue weighted by Gasteiger charge is -2.27. The summed E-state index contributed by atoms with van der Waals surface area (Å²) in [6, 6.07) is 5.33. The first-order chi connectivity index (χ1) is 13.7. The Labute approximate surface area is 170 Å². The van der Waals surface area contributed by atoms with E-state index in [1.165, 1.54) is 24.3 Å². The molecule has 1 heterocycles. The second-order valence-electron chi connectivity index (χ2n) is 6.29. The van der Waals surface area contributed by atoms with E-state index in [-0.39, 0.29) is 33.4 Å². The molecular weight excluding hydrogens is 406 g/mol. The van der Waals surface area contributed by atoms with E-state index in [0.717, 1.165) is 0 Å². The summed E-state index contributed by atoms with van der Waals surface area (Å²) in [6.07, 6.45) is 0.414. The molecule has 0 unspecified atom stereocenters. The van der Waals surface area contributed by atoms with Crippen LogP contribution >= 0.6 is 11.6 Å². The second kappa shape index (κ2) is 9.20. The van der Waals surface area contributed by atoms with E-state index < -0.39 is 35.5 Å². The van der Waals surface area contributed by atoms with E-state index >= 15 is 0 Å². The van der Waals surface area contributed by atoms with Crippen molar-refractivity contribution < 1.29 is 28.8 Å². The van der Waals surface area contributed by atoms with Gasteiger partial charge < -0.3 is 20.5 Å². The summed E-state index contributed by atoms with van der Waals surface area (Å²) in [6.45, 7) is 2.55. The molecule has 154 valence electrons. The van der Waals surface area contributed by atoms with Crippen LogP contribution in [0.25, 0.3) is 0 Å². The van der Waals surface area contributed by atoms with Gasteiger partial charge in [-0.05, 0) is 5.56 Å². The predicted molar refractivity (Wildman–Crippen MR) is 101 cm³/mol. The predicted octanol–water partition coefficient (Wildman–Crippen LogP) is 1.80. The Balaban J connectivity index is 2.40. The van der Waals surface area contributed by atoms with Gasteiger partial charge in [-0.25, -0.2) is 4.79 Å². The van der Waals surface area contributed by atoms with Crippen LogP contribution < -0.4 is 11.1 Å². The molecule has 0 aliphatic carbocycles. The van der Waals surface area contributed by atoms with Crippen molar-refractivity contribution in [3.63, 3.8) is 0 Å². The molecule has 11 heteroatoms. The minimum atomic E-state index is -1.12. The standard InChI is InChI=1S/C18H18ClN3O7/c1-9(2)17(24)28-8-29-18(25)14-13(12(7-23)15(19)21-16(14)20)10-4-3-5-11(6-10)22(26)27/h3-7,9,13,21H,8,20H2,1-2H3/t13-/m1/s1. The summed E-state index contributed by atoms with van der Waals surface area (Å²) in [4.78, 5) is 46.2. The van der Waals surface area contributed by atoms with Crippen molar-refractivity contribution in [2.24, 2.45) is 11.7 Å². The van der Waals surface area contributed by atoms with Gasteiger partial charge in [0.05, 0.1) is 22.3 Å². The van der Waals surface area contributed by atoms with Crippen molar-refractivity contribution in [3.8, 4) is 0 Å². The maximum atomic E-state index is 12.6. The van der Waals surface area contributed by atoms with E-state index in [1.54, 1.807) is 13.8 Å². The molecule has 2 rings (SSSR count). The van der Waals surface area contributed by atoms with Gasteiger partial charge in [0.25, 0.3) is 5.69 Å². The number of nitro groups is 1. The molecule has 3 N–H and O–H groups in total. The zero-order chi connectivity index (χ0) is 21.7. The number of hydrogen-bond donors (Lipinski definition) is 2. The van der Waals surface area contributed by atoms with Crippen molar-refractivity contribution in [2.45, 2.75) is 19.8 Å². The molecule has 1 aromatic rings. The number of benzene rings is 1. The van der Waals surface area contributed by atoms with Crippen LogP contribution in [-0.4, -0.2) is 29.9 Å². The van der Waals surface area contributed by atoms with Gasteiger partial charge in [0.15, 0.2) is 0 Å². The first kappa shape index (κ1) is 21.9. The van der Waals surface area contributed by atoms with Gasteiger partial charge in [-0.1, -0.05) is 37.6 Å². The first-order valence-corrected chi connectivity index (χ1v) is 8.74. The monoisotopic (exact) mass is 423 g/mol. The third-order valence-corrected chi connectivity index (χ3v) is 4.32. The Morgan fingerprint density at radius 1 is 1.38 bits per heavy atom. The van der Waals surface area contributed by atoms with Crippen LogP contribution in [0.1, 0.15) is 25.3 Å². The molecule has 0 aromatic heterocycles. The van der Waals surface area contributed by atoms with Crippen molar-refractivity contribution in [2.75, 3.05) is 6.79 Å². The van der Waals surface area contributed by atoms with Gasteiger partial charge in [0.1, 0.15) is 17.3 Å². The average Bonchev–Trinajstić information content (AvgIpc) is 2.67. The highest BCUT2D eigenvalue weighted by molar-refractivity contribution is 6.31. The number of non-ortho nitro benzene ring substituents is 1. The molecule has 0 saturated heterocycles. The number of nitro benzene ring substituents is 1. The number of carbonyl (C=O) groups is 3. The number of ether oxygens (including phenoxy) is 2. The fourth-order valence-electron chi connectivity index (χ4n) is 2.59. The van der Waals surface area contributed by atoms with Gasteiger partial charge in [0.2, 0.25) is 6.79 Å². The lowest BCUT2D eigenvalue weighted by molar-refractivity contribution is -0.384. The molecule has 0 amide bonds. The van der Waals surface area contributed by atoms with Crippen LogP contribution in [-0.2, 0) is 23.9 Å². The van der Waals surface area contributed by atoms with Crippen LogP contribution in [0.5, 0.6) is 0 Å². The smallest absolute Gasteiger partial charge is 0.341 e. The number of allylic oxidation sites excluding steroid dienone is 1. The number of nitrogens with two attached hydrogens (primary N) is 1. The SMILES string of the molecule is CC(C)C(=O)OCOC(=O)C1=C(N)NC(Cl)=C(C=O)[C@H]1c1cccc([N+](=O)[O-])c1. The maximum Gasteiger partial charge on any atom is 0.341 e. The number of halogens is 1. The van der Waals surface area contributed by atoms with E-state index in [1.807, 2.05) is 0 Å². The number of nitrogens with one attached hydrogen (secondary N) is 1. The fourth-order valence-corrected chi connectivity index (χ4v) is 2.85. The van der Waals surface area contributed by atoms with Crippen LogP contribution in [0.4, 0.5) is 5.69 Å². The zero-order valence-corrected chi connectivity index (χ0v) is 16.3. The number of rotatable bonds is 7. The topological polar surface area (TPSA) is 151 Å². The lowest BCUT2D eigenvalue weighted by atomic mass is 9.83. The number of aldehydes is 1. The number of nitrogens with zero attached hydrogens (tertiary/aromatic N) is 1. The Morgan fingerprint density at radius 2 is 2.07 bits per heavy atom. The third-order valence-electron chi connectivity index (χ3n) is 4.01. The lowest BCUT2D eigenvalue weighted by Crippen LogP contribution is -2.34. The minimum absolute atomic E-state index is 0.0625. The molecule has 1 aromatic carbocycles. The molecule has 0 spiro atoms. The average molecular weight is 424 g/mol. The number of carbonyl (C=O) groups excluding carboxylic acids is 3. The van der Waals surface area contributed by atoms with Gasteiger partial charge in [-0.15, -0.1) is 0 Å². The minimum Gasteiger partial charge on any atom is -0.428 e. The normalized spacial score (nSPS) is 16.3. The highest BCUT2D eigenvalue weighted by atomic mass is 35.5. The number of esters is 2. The molecule has 0 bridgehead atoms. The van der Waals surface area contributed by atoms with Crippen LogP contribution in [0, 0.1) is 16.0 Å². The molecule has 0 radical (unpaired) electrons. The molecule has 10 nitrogen and oxygen atoms in total. The largest absolute Gasteiger partial charge is 0.428 e. The van der Waals surface area contributed by atoms with Gasteiger partial charge in [0, 0.05) is 17.7 Å². The van der Waals surface area contributed by atoms with Crippen molar-refractivity contribution in [1.29, 1.82) is 0 Å². The molecule has 1 aliphatic heterocycles. The van der Waals surface area contributed by atoms with Crippen LogP contribution in [0.3, 0.4) is 0 Å². The Hall–Kier alpha value is -3.40. The maximum absolute atomic E-state index is 12.6. The molecule has 29 heavy (non-hydrogen) atoms. The summed E-state index contributed by atoms with van der Waals surface area (Å²) >= 11 is 6.04. The summed E-state index contributed by atoms with van der Waals surface area (Å²) in [5.74, 6) is -3.29. The number of dihydropyridines is 1. The Bertz CT molecular complexity index is 924. The first-order valence-electron chi connectivity index (χ1n) is 8.37. The molecule has 0 saturated carbocycles. The molecular formula is C18H18ClN3O7. The number of hydrogen-bond acceptors (Lipinski definition) is 9. The molecule has 0 fully saturated rings. The van der Waals surface area contributed by atoms with Gasteiger partial charge in [-0.3, -0.25) is 19.7 Å². The van der Waals surface area contributed by atoms with Crippen molar-refractivity contribution >= 4 is 35.5 Å². The fraction of sp³-hybridized carbons (Fsp3) is 0.278. The van der Waals surface area contributed by atoms with Crippen molar-refractivity contribution in [3.05, 3.63) is 62.1 Å². The second-order valence-corrected chi connectivity index (χ2v) is 6.67. The van der Waals surface area contributed by atoms with E-state index in [2.05, 4.69) is 5.32 Å². The summed E-state index contributed by atoms with van der Waals surface area (Å²) in [5.41, 5.74) is 5.61. The van der Waals surface area contributed by atoms with Gasteiger partial charge >= 0.3 is 11.9 Å². The summed E-state index contributed by atoms with van der Waals surface area (Å²) in [5, 5.41) is 13.5. The van der Waals surface area contributed by atoms with Crippen LogP contribution in [0.2, 0.25) is 0 Å². The summed E-state index contributed by atoms with van der Waals surface area (Å²) < 4.78 is 9.76. The van der Waals surface area contributed by atoms with Crippen molar-refractivity contribution in [1.82, 2.24) is 5.32 Å². The highest BCUT2D eigenvalue weighted by Gasteiger charge is 2.36. The summed E-state index contributed by atoms with van der Waals surface area (Å²) in [7, 11) is 0.